The standard InChI is InChI=1S/C18H22ClN2O7P/c1-4-14-15(9-16(26-14)21-10-11(2)17(22)20-18(21)23)28-29(24,25-3)27-13-7-5-12(19)6-8-13/h5-8,10,14-16H,4,9H2,1-3H3,(H,20,22,23). The Bertz CT molecular complexity index is 1020. The summed E-state index contributed by atoms with van der Waals surface area (Å²) in [7, 11) is -2.73. The molecule has 3 rings (SSSR count). The van der Waals surface area contributed by atoms with Crippen LogP contribution in [-0.2, 0) is 18.3 Å². The average Bonchev–Trinajstić information content (AvgIpc) is 3.08. The molecule has 1 aliphatic rings. The van der Waals surface area contributed by atoms with E-state index in [-0.39, 0.29) is 12.2 Å². The fourth-order valence-electron chi connectivity index (χ4n) is 3.04. The molecule has 0 bridgehead atoms. The highest BCUT2D eigenvalue weighted by Crippen LogP contribution is 2.52. The second-order valence-corrected chi connectivity index (χ2v) is 8.66. The van der Waals surface area contributed by atoms with Gasteiger partial charge in [0.25, 0.3) is 5.56 Å². The van der Waals surface area contributed by atoms with Gasteiger partial charge in [0.15, 0.2) is 0 Å². The molecule has 29 heavy (non-hydrogen) atoms. The van der Waals surface area contributed by atoms with Gasteiger partial charge in [-0.3, -0.25) is 23.4 Å². The van der Waals surface area contributed by atoms with E-state index in [0.29, 0.717) is 17.0 Å². The van der Waals surface area contributed by atoms with Crippen molar-refractivity contribution >= 4 is 19.4 Å². The molecule has 0 radical (unpaired) electrons. The maximum absolute atomic E-state index is 13.0. The number of benzene rings is 1. The van der Waals surface area contributed by atoms with Crippen molar-refractivity contribution in [2.24, 2.45) is 0 Å². The molecular formula is C18H22ClN2O7P. The highest BCUT2D eigenvalue weighted by atomic mass is 35.5. The van der Waals surface area contributed by atoms with Crippen LogP contribution in [0.5, 0.6) is 5.75 Å². The summed E-state index contributed by atoms with van der Waals surface area (Å²) in [4.78, 5) is 26.0. The number of H-pyrrole nitrogens is 1. The molecule has 2 heterocycles. The minimum absolute atomic E-state index is 0.223. The van der Waals surface area contributed by atoms with Crippen LogP contribution >= 0.6 is 19.4 Å². The molecule has 4 atom stereocenters. The highest BCUT2D eigenvalue weighted by molar-refractivity contribution is 7.48. The van der Waals surface area contributed by atoms with Gasteiger partial charge in [0.05, 0.1) is 6.10 Å². The Kier molecular flexibility index (Phi) is 6.65. The highest BCUT2D eigenvalue weighted by Gasteiger charge is 2.42. The third-order valence-electron chi connectivity index (χ3n) is 4.56. The van der Waals surface area contributed by atoms with Crippen molar-refractivity contribution < 1.29 is 22.9 Å². The van der Waals surface area contributed by atoms with Crippen LogP contribution in [0.2, 0.25) is 5.02 Å². The Labute approximate surface area is 172 Å². The lowest BCUT2D eigenvalue weighted by molar-refractivity contribution is -0.0219. The van der Waals surface area contributed by atoms with Crippen molar-refractivity contribution in [3.05, 3.63) is 61.9 Å². The molecule has 11 heteroatoms. The zero-order valence-corrected chi connectivity index (χ0v) is 17.8. The molecule has 4 unspecified atom stereocenters. The van der Waals surface area contributed by atoms with Gasteiger partial charge in [-0.2, -0.15) is 0 Å². The molecule has 1 aromatic heterocycles. The summed E-state index contributed by atoms with van der Waals surface area (Å²) in [5, 5.41) is 0.505. The molecule has 0 spiro atoms. The van der Waals surface area contributed by atoms with E-state index in [9.17, 15) is 14.2 Å². The molecule has 2 aromatic rings. The monoisotopic (exact) mass is 444 g/mol. The van der Waals surface area contributed by atoms with Gasteiger partial charge < -0.3 is 9.26 Å². The van der Waals surface area contributed by atoms with Gasteiger partial charge in [0.2, 0.25) is 0 Å². The number of phosphoric ester groups is 1. The fourth-order valence-corrected chi connectivity index (χ4v) is 4.30. The largest absolute Gasteiger partial charge is 0.530 e. The van der Waals surface area contributed by atoms with Crippen LogP contribution in [0.25, 0.3) is 0 Å². The smallest absolute Gasteiger partial charge is 0.404 e. The SMILES string of the molecule is CCC1OC(n2cc(C)c(=O)[nH]c2=O)CC1OP(=O)(OC)Oc1ccc(Cl)cc1. The van der Waals surface area contributed by atoms with Crippen LogP contribution in [-0.4, -0.2) is 28.9 Å². The van der Waals surface area contributed by atoms with E-state index < -0.39 is 37.5 Å². The van der Waals surface area contributed by atoms with Gasteiger partial charge in [0, 0.05) is 30.3 Å². The number of hydrogen-bond acceptors (Lipinski definition) is 7. The summed E-state index contributed by atoms with van der Waals surface area (Å²) in [6.07, 6.45) is 0.415. The number of halogens is 1. The molecule has 1 aliphatic heterocycles. The Hall–Kier alpha value is -1.90. The molecule has 1 fully saturated rings. The quantitative estimate of drug-likeness (QED) is 0.652. The van der Waals surface area contributed by atoms with Crippen molar-refractivity contribution in [1.29, 1.82) is 0 Å². The van der Waals surface area contributed by atoms with Crippen LogP contribution in [0.4, 0.5) is 0 Å². The summed E-state index contributed by atoms with van der Waals surface area (Å²) in [6, 6.07) is 6.27. The molecule has 0 amide bonds. The Morgan fingerprint density at radius 2 is 2.00 bits per heavy atom. The number of aromatic amines is 1. The van der Waals surface area contributed by atoms with Crippen molar-refractivity contribution in [1.82, 2.24) is 9.55 Å². The molecule has 1 aromatic carbocycles. The second-order valence-electron chi connectivity index (χ2n) is 6.57. The van der Waals surface area contributed by atoms with E-state index in [1.54, 1.807) is 31.2 Å². The zero-order valence-electron chi connectivity index (χ0n) is 16.2. The fraction of sp³-hybridized carbons (Fsp3) is 0.444. The lowest BCUT2D eigenvalue weighted by atomic mass is 10.1. The van der Waals surface area contributed by atoms with E-state index >= 15 is 0 Å². The third-order valence-corrected chi connectivity index (χ3v) is 6.22. The van der Waals surface area contributed by atoms with Crippen molar-refractivity contribution in [2.75, 3.05) is 7.11 Å². The number of rotatable bonds is 7. The lowest BCUT2D eigenvalue weighted by Crippen LogP contribution is -2.33. The predicted molar refractivity (Wildman–Crippen MR) is 106 cm³/mol. The first kappa shape index (κ1) is 21.8. The molecule has 1 N–H and O–H groups in total. The van der Waals surface area contributed by atoms with Gasteiger partial charge in [0.1, 0.15) is 18.1 Å². The van der Waals surface area contributed by atoms with Crippen molar-refractivity contribution in [3.8, 4) is 5.75 Å². The van der Waals surface area contributed by atoms with Gasteiger partial charge in [-0.25, -0.2) is 9.36 Å². The van der Waals surface area contributed by atoms with E-state index in [2.05, 4.69) is 4.98 Å². The van der Waals surface area contributed by atoms with Crippen molar-refractivity contribution in [2.45, 2.75) is 45.1 Å². The van der Waals surface area contributed by atoms with Gasteiger partial charge >= 0.3 is 13.5 Å². The summed E-state index contributed by atoms with van der Waals surface area (Å²) in [6.45, 7) is 3.47. The van der Waals surface area contributed by atoms with Crippen LogP contribution in [0.1, 0.15) is 31.6 Å². The van der Waals surface area contributed by atoms with E-state index in [1.807, 2.05) is 6.92 Å². The van der Waals surface area contributed by atoms with E-state index in [0.717, 1.165) is 0 Å². The lowest BCUT2D eigenvalue weighted by Gasteiger charge is -2.22. The third kappa shape index (κ3) is 4.99. The summed E-state index contributed by atoms with van der Waals surface area (Å²) < 4.78 is 36.4. The Morgan fingerprint density at radius 3 is 2.62 bits per heavy atom. The van der Waals surface area contributed by atoms with Crippen molar-refractivity contribution in [3.63, 3.8) is 0 Å². The normalized spacial score (nSPS) is 23.7. The maximum Gasteiger partial charge on any atom is 0.530 e. The maximum atomic E-state index is 13.0. The minimum Gasteiger partial charge on any atom is -0.404 e. The first-order valence-corrected chi connectivity index (χ1v) is 10.9. The van der Waals surface area contributed by atoms with Gasteiger partial charge in [-0.05, 0) is 37.6 Å². The summed E-state index contributed by atoms with van der Waals surface area (Å²) >= 11 is 5.85. The van der Waals surface area contributed by atoms with Crippen LogP contribution < -0.4 is 15.8 Å². The zero-order chi connectivity index (χ0) is 21.2. The van der Waals surface area contributed by atoms with Crippen LogP contribution in [0, 0.1) is 6.92 Å². The number of nitrogens with one attached hydrogen (secondary N) is 1. The molecule has 1 saturated heterocycles. The van der Waals surface area contributed by atoms with Gasteiger partial charge in [-0.15, -0.1) is 0 Å². The number of aromatic nitrogens is 2. The number of ether oxygens (including phenoxy) is 1. The van der Waals surface area contributed by atoms with Crippen LogP contribution in [0.3, 0.4) is 0 Å². The number of aryl methyl sites for hydroxylation is 1. The number of phosphoric acid groups is 1. The van der Waals surface area contributed by atoms with Crippen LogP contribution in [0.15, 0.2) is 40.1 Å². The predicted octanol–water partition coefficient (Wildman–Crippen LogP) is 3.41. The molecule has 158 valence electrons. The minimum atomic E-state index is -3.95. The first-order chi connectivity index (χ1) is 13.7. The second kappa shape index (κ2) is 8.85. The van der Waals surface area contributed by atoms with Gasteiger partial charge in [-0.1, -0.05) is 18.5 Å². The molecular weight excluding hydrogens is 423 g/mol. The topological polar surface area (TPSA) is 109 Å². The van der Waals surface area contributed by atoms with E-state index in [4.69, 9.17) is 29.9 Å². The summed E-state index contributed by atoms with van der Waals surface area (Å²) in [5.74, 6) is 0.274. The first-order valence-electron chi connectivity index (χ1n) is 9.01. The average molecular weight is 445 g/mol. The summed E-state index contributed by atoms with van der Waals surface area (Å²) in [5.41, 5.74) is -0.669. The molecule has 0 saturated carbocycles. The molecule has 9 nitrogen and oxygen atoms in total. The number of hydrogen-bond donors (Lipinski definition) is 1. The number of nitrogens with zero attached hydrogens (tertiary/aromatic N) is 1. The Balaban J connectivity index is 1.79. The molecule has 0 aliphatic carbocycles. The Morgan fingerprint density at radius 1 is 1.31 bits per heavy atom. The van der Waals surface area contributed by atoms with E-state index in [1.165, 1.54) is 17.9 Å².